The standard InChI is InChI=1S/C11H11Cl2N3O/c12-8-2-1-7(5-9(8)13)6-11-15-10(3-4-14)16-17-11/h1-2,5H,3-4,6,14H2. The molecule has 2 rings (SSSR count). The van der Waals surface area contributed by atoms with Crippen molar-refractivity contribution in [3.8, 4) is 0 Å². The number of hydrogen-bond acceptors (Lipinski definition) is 4. The highest BCUT2D eigenvalue weighted by atomic mass is 35.5. The molecule has 0 bridgehead atoms. The molecule has 0 saturated carbocycles. The van der Waals surface area contributed by atoms with Crippen molar-refractivity contribution in [3.63, 3.8) is 0 Å². The lowest BCUT2D eigenvalue weighted by atomic mass is 10.1. The quantitative estimate of drug-likeness (QED) is 0.928. The highest BCUT2D eigenvalue weighted by Crippen LogP contribution is 2.23. The Bertz CT molecular complexity index is 513. The molecular formula is C11H11Cl2N3O. The van der Waals surface area contributed by atoms with E-state index in [9.17, 15) is 0 Å². The van der Waals surface area contributed by atoms with Crippen LogP contribution in [0.5, 0.6) is 0 Å². The lowest BCUT2D eigenvalue weighted by molar-refractivity contribution is 0.379. The minimum Gasteiger partial charge on any atom is -0.339 e. The lowest BCUT2D eigenvalue weighted by Crippen LogP contribution is -2.04. The second-order valence-electron chi connectivity index (χ2n) is 3.57. The average Bonchev–Trinajstić information content (AvgIpc) is 2.72. The summed E-state index contributed by atoms with van der Waals surface area (Å²) in [4.78, 5) is 4.21. The monoisotopic (exact) mass is 271 g/mol. The Hall–Kier alpha value is -1.10. The van der Waals surface area contributed by atoms with Gasteiger partial charge in [-0.2, -0.15) is 4.98 Å². The fraction of sp³-hybridized carbons (Fsp3) is 0.273. The van der Waals surface area contributed by atoms with Gasteiger partial charge in [0.2, 0.25) is 5.89 Å². The van der Waals surface area contributed by atoms with Crippen LogP contribution in [0.4, 0.5) is 0 Å². The smallest absolute Gasteiger partial charge is 0.231 e. The molecule has 6 heteroatoms. The molecule has 0 unspecified atom stereocenters. The number of rotatable bonds is 4. The summed E-state index contributed by atoms with van der Waals surface area (Å²) >= 11 is 11.8. The number of hydrogen-bond donors (Lipinski definition) is 1. The summed E-state index contributed by atoms with van der Waals surface area (Å²) in [5, 5.41) is 4.87. The zero-order valence-electron chi connectivity index (χ0n) is 8.99. The second kappa shape index (κ2) is 5.49. The Morgan fingerprint density at radius 1 is 1.24 bits per heavy atom. The van der Waals surface area contributed by atoms with Crippen molar-refractivity contribution >= 4 is 23.2 Å². The summed E-state index contributed by atoms with van der Waals surface area (Å²) in [5.74, 6) is 1.18. The zero-order valence-corrected chi connectivity index (χ0v) is 10.5. The molecule has 0 aliphatic rings. The third kappa shape index (κ3) is 3.19. The van der Waals surface area contributed by atoms with E-state index in [1.165, 1.54) is 0 Å². The molecule has 2 aromatic rings. The largest absolute Gasteiger partial charge is 0.339 e. The fourth-order valence-electron chi connectivity index (χ4n) is 1.42. The van der Waals surface area contributed by atoms with Crippen LogP contribution in [-0.4, -0.2) is 16.7 Å². The number of nitrogens with two attached hydrogens (primary N) is 1. The van der Waals surface area contributed by atoms with Gasteiger partial charge in [-0.3, -0.25) is 0 Å². The molecule has 0 aliphatic carbocycles. The predicted molar refractivity (Wildman–Crippen MR) is 66.3 cm³/mol. The van der Waals surface area contributed by atoms with Crippen LogP contribution >= 0.6 is 23.2 Å². The van der Waals surface area contributed by atoms with E-state index in [-0.39, 0.29) is 0 Å². The summed E-state index contributed by atoms with van der Waals surface area (Å²) in [7, 11) is 0. The van der Waals surface area contributed by atoms with E-state index in [1.54, 1.807) is 12.1 Å². The molecule has 0 spiro atoms. The summed E-state index contributed by atoms with van der Waals surface area (Å²) in [6.45, 7) is 0.506. The summed E-state index contributed by atoms with van der Waals surface area (Å²) < 4.78 is 5.10. The van der Waals surface area contributed by atoms with Gasteiger partial charge in [-0.05, 0) is 24.2 Å². The Kier molecular flexibility index (Phi) is 3.99. The van der Waals surface area contributed by atoms with E-state index >= 15 is 0 Å². The van der Waals surface area contributed by atoms with Gasteiger partial charge in [0, 0.05) is 6.42 Å². The number of halogens is 2. The summed E-state index contributed by atoms with van der Waals surface area (Å²) in [5.41, 5.74) is 6.38. The first-order valence-corrected chi connectivity index (χ1v) is 5.90. The maximum absolute atomic E-state index is 5.92. The van der Waals surface area contributed by atoms with Gasteiger partial charge in [0.05, 0.1) is 16.5 Å². The van der Waals surface area contributed by atoms with Crippen LogP contribution in [0.1, 0.15) is 17.3 Å². The first-order valence-electron chi connectivity index (χ1n) is 5.14. The molecule has 17 heavy (non-hydrogen) atoms. The van der Waals surface area contributed by atoms with Crippen molar-refractivity contribution in [2.75, 3.05) is 6.54 Å². The molecule has 1 heterocycles. The van der Waals surface area contributed by atoms with Gasteiger partial charge in [-0.25, -0.2) is 0 Å². The molecule has 0 atom stereocenters. The van der Waals surface area contributed by atoms with E-state index in [1.807, 2.05) is 6.07 Å². The van der Waals surface area contributed by atoms with Gasteiger partial charge in [0.1, 0.15) is 0 Å². The molecule has 4 nitrogen and oxygen atoms in total. The number of benzene rings is 1. The molecule has 0 fully saturated rings. The average molecular weight is 272 g/mol. The van der Waals surface area contributed by atoms with Crippen LogP contribution in [0.15, 0.2) is 22.7 Å². The van der Waals surface area contributed by atoms with Crippen molar-refractivity contribution < 1.29 is 4.52 Å². The lowest BCUT2D eigenvalue weighted by Gasteiger charge is -1.99. The van der Waals surface area contributed by atoms with E-state index in [2.05, 4.69) is 10.1 Å². The Morgan fingerprint density at radius 3 is 2.76 bits per heavy atom. The van der Waals surface area contributed by atoms with Gasteiger partial charge >= 0.3 is 0 Å². The highest BCUT2D eigenvalue weighted by Gasteiger charge is 2.07. The van der Waals surface area contributed by atoms with Gasteiger partial charge < -0.3 is 10.3 Å². The Morgan fingerprint density at radius 2 is 2.06 bits per heavy atom. The molecule has 0 radical (unpaired) electrons. The van der Waals surface area contributed by atoms with Crippen molar-refractivity contribution in [1.82, 2.24) is 10.1 Å². The molecule has 1 aromatic carbocycles. The maximum atomic E-state index is 5.92. The summed E-state index contributed by atoms with van der Waals surface area (Å²) in [6, 6.07) is 5.41. The number of aromatic nitrogens is 2. The number of nitrogens with zero attached hydrogens (tertiary/aromatic N) is 2. The zero-order chi connectivity index (χ0) is 12.3. The second-order valence-corrected chi connectivity index (χ2v) is 4.38. The van der Waals surface area contributed by atoms with E-state index in [0.29, 0.717) is 41.1 Å². The van der Waals surface area contributed by atoms with Crippen LogP contribution in [0, 0.1) is 0 Å². The Labute approximate surface area is 109 Å². The maximum Gasteiger partial charge on any atom is 0.231 e. The van der Waals surface area contributed by atoms with Crippen LogP contribution in [0.2, 0.25) is 10.0 Å². The van der Waals surface area contributed by atoms with Crippen molar-refractivity contribution in [2.24, 2.45) is 5.73 Å². The fourth-order valence-corrected chi connectivity index (χ4v) is 1.74. The van der Waals surface area contributed by atoms with Crippen molar-refractivity contribution in [3.05, 3.63) is 45.5 Å². The van der Waals surface area contributed by atoms with E-state index < -0.39 is 0 Å². The minimum atomic E-state index is 0.506. The van der Waals surface area contributed by atoms with Crippen LogP contribution < -0.4 is 5.73 Å². The van der Waals surface area contributed by atoms with Gasteiger partial charge in [0.25, 0.3) is 0 Å². The van der Waals surface area contributed by atoms with E-state index in [4.69, 9.17) is 33.5 Å². The summed E-state index contributed by atoms with van der Waals surface area (Å²) in [6.07, 6.45) is 1.15. The molecule has 0 amide bonds. The molecule has 0 saturated heterocycles. The van der Waals surface area contributed by atoms with Crippen LogP contribution in [0.3, 0.4) is 0 Å². The predicted octanol–water partition coefficient (Wildman–Crippen LogP) is 2.47. The molecular weight excluding hydrogens is 261 g/mol. The first kappa shape index (κ1) is 12.4. The van der Waals surface area contributed by atoms with E-state index in [0.717, 1.165) is 5.56 Å². The van der Waals surface area contributed by atoms with Gasteiger partial charge in [-0.15, -0.1) is 0 Å². The van der Waals surface area contributed by atoms with Crippen LogP contribution in [-0.2, 0) is 12.8 Å². The molecule has 1 aromatic heterocycles. The molecule has 0 aliphatic heterocycles. The van der Waals surface area contributed by atoms with Crippen molar-refractivity contribution in [1.29, 1.82) is 0 Å². The topological polar surface area (TPSA) is 64.9 Å². The highest BCUT2D eigenvalue weighted by molar-refractivity contribution is 6.42. The first-order chi connectivity index (χ1) is 8.19. The van der Waals surface area contributed by atoms with Gasteiger partial charge in [0.15, 0.2) is 5.82 Å². The third-order valence-corrected chi connectivity index (χ3v) is 2.96. The van der Waals surface area contributed by atoms with Crippen LogP contribution in [0.25, 0.3) is 0 Å². The van der Waals surface area contributed by atoms with Crippen molar-refractivity contribution in [2.45, 2.75) is 12.8 Å². The SMILES string of the molecule is NCCc1noc(Cc2ccc(Cl)c(Cl)c2)n1. The normalized spacial score (nSPS) is 10.8. The molecule has 2 N–H and O–H groups in total. The third-order valence-electron chi connectivity index (χ3n) is 2.22. The molecule has 90 valence electrons. The Balaban J connectivity index is 2.11. The minimum absolute atomic E-state index is 0.506. The van der Waals surface area contributed by atoms with Gasteiger partial charge in [-0.1, -0.05) is 34.4 Å².